The van der Waals surface area contributed by atoms with E-state index < -0.39 is 27.8 Å². The minimum atomic E-state index is -3.28. The molecule has 3 rings (SSSR count). The van der Waals surface area contributed by atoms with Crippen LogP contribution in [0.5, 0.6) is 0 Å². The molecule has 3 heterocycles. The van der Waals surface area contributed by atoms with E-state index in [0.717, 1.165) is 17.2 Å². The second kappa shape index (κ2) is 7.83. The lowest BCUT2D eigenvalue weighted by Crippen LogP contribution is -2.49. The van der Waals surface area contributed by atoms with E-state index in [1.165, 1.54) is 11.0 Å². The van der Waals surface area contributed by atoms with E-state index in [2.05, 4.69) is 5.32 Å². The summed E-state index contributed by atoms with van der Waals surface area (Å²) in [4.78, 5) is 26.6. The van der Waals surface area contributed by atoms with E-state index in [1.807, 2.05) is 0 Å². The third-order valence-electron chi connectivity index (χ3n) is 3.90. The number of thioether (sulfide) groups is 1. The first kappa shape index (κ1) is 19.6. The van der Waals surface area contributed by atoms with E-state index in [-0.39, 0.29) is 16.0 Å². The molecule has 2 atom stereocenters. The standard InChI is InChI=1S/C17H16N2O5S3/c1-11(15(20)18-12-7-9-27(22,23)10-12)19-16(21)14(26-17(19)25)6-2-4-13-5-3-8-24-13/h2-9,11-12H,10H2,1H3,(H,18,20). The minimum absolute atomic E-state index is 0.179. The molecule has 2 aliphatic heterocycles. The van der Waals surface area contributed by atoms with Crippen LogP contribution >= 0.6 is 24.0 Å². The van der Waals surface area contributed by atoms with E-state index >= 15 is 0 Å². The number of nitrogens with zero attached hydrogens (tertiary/aromatic N) is 1. The van der Waals surface area contributed by atoms with E-state index in [4.69, 9.17) is 16.6 Å². The van der Waals surface area contributed by atoms with Gasteiger partial charge in [-0.1, -0.05) is 30.1 Å². The summed E-state index contributed by atoms with van der Waals surface area (Å²) in [6.07, 6.45) is 7.95. The summed E-state index contributed by atoms with van der Waals surface area (Å²) in [5.74, 6) is -0.368. The number of hydrogen-bond acceptors (Lipinski definition) is 7. The number of carbonyl (C=O) groups excluding carboxylic acids is 2. The smallest absolute Gasteiger partial charge is 0.266 e. The van der Waals surface area contributed by atoms with Gasteiger partial charge < -0.3 is 9.73 Å². The summed E-state index contributed by atoms with van der Waals surface area (Å²) in [6, 6.07) is 2.08. The first-order chi connectivity index (χ1) is 12.8. The largest absolute Gasteiger partial charge is 0.465 e. The zero-order chi connectivity index (χ0) is 19.6. The van der Waals surface area contributed by atoms with Gasteiger partial charge in [-0.3, -0.25) is 14.5 Å². The lowest BCUT2D eigenvalue weighted by atomic mass is 10.2. The molecule has 7 nitrogen and oxygen atoms in total. The predicted molar refractivity (Wildman–Crippen MR) is 107 cm³/mol. The summed E-state index contributed by atoms with van der Waals surface area (Å²) in [5, 5.41) is 3.69. The number of amides is 2. The van der Waals surface area contributed by atoms with Crippen molar-refractivity contribution in [1.29, 1.82) is 0 Å². The van der Waals surface area contributed by atoms with Crippen LogP contribution in [0, 0.1) is 0 Å². The fraction of sp³-hybridized carbons (Fsp3) is 0.235. The molecule has 1 N–H and O–H groups in total. The summed E-state index contributed by atoms with van der Waals surface area (Å²) in [6.45, 7) is 1.55. The summed E-state index contributed by atoms with van der Waals surface area (Å²) in [7, 11) is -3.28. The van der Waals surface area contributed by atoms with Gasteiger partial charge in [-0.05, 0) is 37.3 Å². The van der Waals surface area contributed by atoms with Gasteiger partial charge in [0.1, 0.15) is 16.1 Å². The molecular weight excluding hydrogens is 408 g/mol. The molecule has 0 spiro atoms. The summed E-state index contributed by atoms with van der Waals surface area (Å²) >= 11 is 6.34. The molecule has 0 radical (unpaired) electrons. The van der Waals surface area contributed by atoms with E-state index in [9.17, 15) is 18.0 Å². The fourth-order valence-corrected chi connectivity index (χ4v) is 5.14. The van der Waals surface area contributed by atoms with Gasteiger partial charge >= 0.3 is 0 Å². The highest BCUT2D eigenvalue weighted by Gasteiger charge is 2.38. The molecule has 0 saturated carbocycles. The maximum absolute atomic E-state index is 12.6. The first-order valence-electron chi connectivity index (χ1n) is 7.95. The Bertz CT molecular complexity index is 961. The molecule has 0 aliphatic carbocycles. The number of carbonyl (C=O) groups is 2. The van der Waals surface area contributed by atoms with Crippen LogP contribution in [0.2, 0.25) is 0 Å². The topological polar surface area (TPSA) is 96.7 Å². The SMILES string of the molecule is CC(C(=O)NC1C=CS(=O)(=O)C1)N1C(=O)C(=CC=Cc2ccco2)SC1=S. The Labute approximate surface area is 166 Å². The molecule has 142 valence electrons. The van der Waals surface area contributed by atoms with Gasteiger partial charge in [0.25, 0.3) is 5.91 Å². The van der Waals surface area contributed by atoms with Gasteiger partial charge in [0.15, 0.2) is 9.84 Å². The van der Waals surface area contributed by atoms with Crippen molar-refractivity contribution in [3.8, 4) is 0 Å². The van der Waals surface area contributed by atoms with Crippen molar-refractivity contribution in [2.75, 3.05) is 5.75 Å². The quantitative estimate of drug-likeness (QED) is 0.569. The number of nitrogens with one attached hydrogen (secondary N) is 1. The predicted octanol–water partition coefficient (Wildman–Crippen LogP) is 1.85. The highest BCUT2D eigenvalue weighted by Crippen LogP contribution is 2.32. The van der Waals surface area contributed by atoms with Crippen LogP contribution in [0.3, 0.4) is 0 Å². The molecule has 1 fully saturated rings. The third kappa shape index (κ3) is 4.57. The van der Waals surface area contributed by atoms with Crippen molar-refractivity contribution < 1.29 is 22.4 Å². The number of hydrogen-bond donors (Lipinski definition) is 1. The molecule has 2 amide bonds. The highest BCUT2D eigenvalue weighted by atomic mass is 32.2. The van der Waals surface area contributed by atoms with Crippen LogP contribution < -0.4 is 5.32 Å². The molecular formula is C17H16N2O5S3. The Morgan fingerprint density at radius 1 is 1.52 bits per heavy atom. The Balaban J connectivity index is 1.65. The van der Waals surface area contributed by atoms with Crippen molar-refractivity contribution in [3.63, 3.8) is 0 Å². The zero-order valence-electron chi connectivity index (χ0n) is 14.2. The number of sulfone groups is 1. The van der Waals surface area contributed by atoms with Crippen LogP contribution in [-0.4, -0.2) is 47.3 Å². The van der Waals surface area contributed by atoms with Crippen molar-refractivity contribution in [1.82, 2.24) is 10.2 Å². The average Bonchev–Trinajstić information content (AvgIpc) is 3.29. The van der Waals surface area contributed by atoms with Gasteiger partial charge in [0.05, 0.1) is 23.0 Å². The number of furan rings is 1. The molecule has 10 heteroatoms. The van der Waals surface area contributed by atoms with Gasteiger partial charge in [0, 0.05) is 5.41 Å². The minimum Gasteiger partial charge on any atom is -0.465 e. The number of thiocarbonyl (C=S) groups is 1. The maximum atomic E-state index is 12.6. The Hall–Kier alpha value is -2.17. The first-order valence-corrected chi connectivity index (χ1v) is 10.9. The van der Waals surface area contributed by atoms with Crippen LogP contribution in [0.1, 0.15) is 12.7 Å². The van der Waals surface area contributed by atoms with Gasteiger partial charge in [-0.2, -0.15) is 0 Å². The maximum Gasteiger partial charge on any atom is 0.266 e. The number of rotatable bonds is 5. The van der Waals surface area contributed by atoms with Crippen LogP contribution in [0.15, 0.2) is 51.4 Å². The highest BCUT2D eigenvalue weighted by molar-refractivity contribution is 8.26. The van der Waals surface area contributed by atoms with Gasteiger partial charge in [0.2, 0.25) is 5.91 Å². The van der Waals surface area contributed by atoms with Crippen molar-refractivity contribution >= 4 is 56.0 Å². The lowest BCUT2D eigenvalue weighted by molar-refractivity contribution is -0.132. The fourth-order valence-electron chi connectivity index (χ4n) is 2.53. The second-order valence-corrected chi connectivity index (χ2v) is 9.50. The van der Waals surface area contributed by atoms with E-state index in [1.54, 1.807) is 43.5 Å². The Morgan fingerprint density at radius 3 is 2.93 bits per heavy atom. The molecule has 2 unspecified atom stereocenters. The lowest BCUT2D eigenvalue weighted by Gasteiger charge is -2.23. The van der Waals surface area contributed by atoms with Crippen molar-refractivity contribution in [3.05, 3.63) is 52.7 Å². The summed E-state index contributed by atoms with van der Waals surface area (Å²) < 4.78 is 28.3. The van der Waals surface area contributed by atoms with Crippen LogP contribution in [0.4, 0.5) is 0 Å². The van der Waals surface area contributed by atoms with Crippen molar-refractivity contribution in [2.45, 2.75) is 19.0 Å². The van der Waals surface area contributed by atoms with Crippen molar-refractivity contribution in [2.24, 2.45) is 0 Å². The number of allylic oxidation sites excluding steroid dienone is 2. The summed E-state index contributed by atoms with van der Waals surface area (Å²) in [5.41, 5.74) is 0. The molecule has 1 aromatic rings. The molecule has 2 aliphatic rings. The van der Waals surface area contributed by atoms with Gasteiger partial charge in [-0.15, -0.1) is 0 Å². The molecule has 27 heavy (non-hydrogen) atoms. The monoisotopic (exact) mass is 424 g/mol. The normalized spacial score (nSPS) is 24.3. The molecule has 0 bridgehead atoms. The second-order valence-electron chi connectivity index (χ2n) is 5.90. The van der Waals surface area contributed by atoms with E-state index in [0.29, 0.717) is 10.7 Å². The Morgan fingerprint density at radius 2 is 2.30 bits per heavy atom. The van der Waals surface area contributed by atoms with Crippen LogP contribution in [0.25, 0.3) is 6.08 Å². The van der Waals surface area contributed by atoms with Crippen LogP contribution in [-0.2, 0) is 19.4 Å². The molecule has 0 aromatic carbocycles. The third-order valence-corrected chi connectivity index (χ3v) is 6.64. The molecule has 1 aromatic heterocycles. The molecule has 1 saturated heterocycles. The zero-order valence-corrected chi connectivity index (χ0v) is 16.6. The Kier molecular flexibility index (Phi) is 5.68. The van der Waals surface area contributed by atoms with Gasteiger partial charge in [-0.25, -0.2) is 8.42 Å². The average molecular weight is 425 g/mol.